The maximum atomic E-state index is 12.7. The Labute approximate surface area is 113 Å². The van der Waals surface area contributed by atoms with Gasteiger partial charge in [-0.05, 0) is 24.4 Å². The molecule has 19 heavy (non-hydrogen) atoms. The van der Waals surface area contributed by atoms with Crippen molar-refractivity contribution in [2.75, 3.05) is 25.1 Å². The van der Waals surface area contributed by atoms with Crippen LogP contribution < -0.4 is 4.90 Å². The van der Waals surface area contributed by atoms with Gasteiger partial charge in [0.25, 0.3) is 0 Å². The molecule has 1 fully saturated rings. The topological polar surface area (TPSA) is 38.2 Å². The van der Waals surface area contributed by atoms with E-state index in [-0.39, 0.29) is 11.9 Å². The van der Waals surface area contributed by atoms with E-state index in [9.17, 15) is 13.2 Å². The fourth-order valence-electron chi connectivity index (χ4n) is 2.05. The third-order valence-corrected chi connectivity index (χ3v) is 3.18. The summed E-state index contributed by atoms with van der Waals surface area (Å²) < 4.78 is 43.2. The largest absolute Gasteiger partial charge is 0.433 e. The molecule has 0 radical (unpaired) electrons. The predicted molar refractivity (Wildman–Crippen MR) is 64.3 cm³/mol. The van der Waals surface area contributed by atoms with E-state index in [2.05, 4.69) is 9.97 Å². The highest BCUT2D eigenvalue weighted by molar-refractivity contribution is 6.28. The first-order chi connectivity index (χ1) is 8.90. The van der Waals surface area contributed by atoms with Crippen molar-refractivity contribution in [1.82, 2.24) is 9.97 Å². The van der Waals surface area contributed by atoms with Crippen LogP contribution in [0.1, 0.15) is 18.5 Å². The van der Waals surface area contributed by atoms with Gasteiger partial charge in [0.1, 0.15) is 5.82 Å². The molecule has 8 heteroatoms. The quantitative estimate of drug-likeness (QED) is 0.787. The molecule has 0 aliphatic carbocycles. The van der Waals surface area contributed by atoms with Crippen molar-refractivity contribution in [2.45, 2.75) is 25.1 Å². The molecule has 0 spiro atoms. The van der Waals surface area contributed by atoms with Crippen LogP contribution in [0.2, 0.25) is 5.28 Å². The Morgan fingerprint density at radius 2 is 2.16 bits per heavy atom. The molecule has 1 saturated heterocycles. The van der Waals surface area contributed by atoms with Gasteiger partial charge in [-0.25, -0.2) is 9.97 Å². The van der Waals surface area contributed by atoms with Crippen LogP contribution >= 0.6 is 11.6 Å². The summed E-state index contributed by atoms with van der Waals surface area (Å²) in [7, 11) is 1.59. The van der Waals surface area contributed by atoms with Crippen molar-refractivity contribution in [2.24, 2.45) is 0 Å². The van der Waals surface area contributed by atoms with Gasteiger partial charge in [-0.15, -0.1) is 0 Å². The van der Waals surface area contributed by atoms with E-state index in [1.54, 1.807) is 12.0 Å². The highest BCUT2D eigenvalue weighted by atomic mass is 35.5. The zero-order valence-electron chi connectivity index (χ0n) is 10.2. The summed E-state index contributed by atoms with van der Waals surface area (Å²) in [6.45, 7) is 1.13. The van der Waals surface area contributed by atoms with Crippen LogP contribution in [-0.4, -0.2) is 36.3 Å². The van der Waals surface area contributed by atoms with Crippen LogP contribution in [0.3, 0.4) is 0 Å². The number of ether oxygens (including phenoxy) is 1. The van der Waals surface area contributed by atoms with E-state index in [0.29, 0.717) is 13.1 Å². The molecule has 4 nitrogen and oxygen atoms in total. The van der Waals surface area contributed by atoms with Gasteiger partial charge in [-0.2, -0.15) is 13.2 Å². The van der Waals surface area contributed by atoms with E-state index in [0.717, 1.165) is 18.9 Å². The summed E-state index contributed by atoms with van der Waals surface area (Å²) >= 11 is 5.57. The minimum Gasteiger partial charge on any atom is -0.380 e. The first-order valence-electron chi connectivity index (χ1n) is 5.79. The van der Waals surface area contributed by atoms with E-state index in [1.165, 1.54) is 0 Å². The first-order valence-corrected chi connectivity index (χ1v) is 6.17. The normalized spacial score (nSPS) is 20.7. The molecule has 2 heterocycles. The number of anilines is 1. The lowest BCUT2D eigenvalue weighted by Gasteiger charge is -2.32. The number of hydrogen-bond donors (Lipinski definition) is 0. The lowest BCUT2D eigenvalue weighted by Crippen LogP contribution is -2.39. The third-order valence-electron chi connectivity index (χ3n) is 3.01. The summed E-state index contributed by atoms with van der Waals surface area (Å²) in [5.41, 5.74) is -1.03. The summed E-state index contributed by atoms with van der Waals surface area (Å²) in [5.74, 6) is 0.189. The molecule has 1 unspecified atom stereocenters. The number of methoxy groups -OCH3 is 1. The van der Waals surface area contributed by atoms with Crippen molar-refractivity contribution in [3.63, 3.8) is 0 Å². The van der Waals surface area contributed by atoms with Crippen molar-refractivity contribution in [3.05, 3.63) is 17.0 Å². The smallest absolute Gasteiger partial charge is 0.380 e. The second kappa shape index (κ2) is 5.50. The highest BCUT2D eigenvalue weighted by Crippen LogP contribution is 2.31. The van der Waals surface area contributed by atoms with Gasteiger partial charge in [0.2, 0.25) is 5.28 Å². The summed E-state index contributed by atoms with van der Waals surface area (Å²) in [4.78, 5) is 8.81. The number of aromatic nitrogens is 2. The standard InChI is InChI=1S/C11H13ClF3N3O/c1-19-7-3-2-4-18(6-7)9-5-8(11(13,14)15)16-10(12)17-9/h5,7H,2-4,6H2,1H3. The predicted octanol–water partition coefficient (Wildman–Crippen LogP) is 2.76. The zero-order chi connectivity index (χ0) is 14.0. The zero-order valence-corrected chi connectivity index (χ0v) is 11.0. The van der Waals surface area contributed by atoms with Gasteiger partial charge >= 0.3 is 6.18 Å². The Kier molecular flexibility index (Phi) is 4.15. The Bertz CT molecular complexity index is 455. The van der Waals surface area contributed by atoms with Crippen LogP contribution in [0.25, 0.3) is 0 Å². The summed E-state index contributed by atoms with van der Waals surface area (Å²) in [5, 5.41) is -0.399. The Hall–Kier alpha value is -1.08. The fourth-order valence-corrected chi connectivity index (χ4v) is 2.23. The minimum absolute atomic E-state index is 0.00294. The Morgan fingerprint density at radius 1 is 1.42 bits per heavy atom. The van der Waals surface area contributed by atoms with Crippen molar-refractivity contribution in [3.8, 4) is 0 Å². The molecule has 1 aromatic heterocycles. The maximum absolute atomic E-state index is 12.7. The highest BCUT2D eigenvalue weighted by Gasteiger charge is 2.34. The number of nitrogens with zero attached hydrogens (tertiary/aromatic N) is 3. The number of alkyl halides is 3. The average molecular weight is 296 g/mol. The molecule has 1 atom stereocenters. The lowest BCUT2D eigenvalue weighted by molar-refractivity contribution is -0.141. The van der Waals surface area contributed by atoms with Gasteiger partial charge in [-0.1, -0.05) is 0 Å². The molecule has 2 rings (SSSR count). The second-order valence-electron chi connectivity index (χ2n) is 4.32. The van der Waals surface area contributed by atoms with Gasteiger partial charge in [-0.3, -0.25) is 0 Å². The summed E-state index contributed by atoms with van der Waals surface area (Å²) in [6.07, 6.45) is -2.81. The number of halogens is 4. The lowest BCUT2D eigenvalue weighted by atomic mass is 10.1. The molecular weight excluding hydrogens is 283 g/mol. The van der Waals surface area contributed by atoms with Crippen LogP contribution in [-0.2, 0) is 10.9 Å². The van der Waals surface area contributed by atoms with Gasteiger partial charge in [0, 0.05) is 26.3 Å². The molecule has 0 bridgehead atoms. The van der Waals surface area contributed by atoms with Gasteiger partial charge in [0.15, 0.2) is 5.69 Å². The van der Waals surface area contributed by atoms with Gasteiger partial charge in [0.05, 0.1) is 6.10 Å². The third kappa shape index (κ3) is 3.48. The molecule has 0 aromatic carbocycles. The Balaban J connectivity index is 2.26. The molecule has 0 amide bonds. The molecule has 1 aliphatic rings. The minimum atomic E-state index is -4.53. The van der Waals surface area contributed by atoms with Gasteiger partial charge < -0.3 is 9.64 Å². The Morgan fingerprint density at radius 3 is 2.79 bits per heavy atom. The molecule has 106 valence electrons. The fraction of sp³-hybridized carbons (Fsp3) is 0.636. The molecular formula is C11H13ClF3N3O. The number of hydrogen-bond acceptors (Lipinski definition) is 4. The van der Waals surface area contributed by atoms with Crippen LogP contribution in [0.5, 0.6) is 0 Å². The van der Waals surface area contributed by atoms with Crippen molar-refractivity contribution in [1.29, 1.82) is 0 Å². The molecule has 1 aromatic rings. The van der Waals surface area contributed by atoms with Crippen molar-refractivity contribution >= 4 is 17.4 Å². The SMILES string of the molecule is COC1CCCN(c2cc(C(F)(F)F)nc(Cl)n2)C1. The maximum Gasteiger partial charge on any atom is 0.433 e. The molecule has 0 saturated carbocycles. The number of rotatable bonds is 2. The monoisotopic (exact) mass is 295 g/mol. The van der Waals surface area contributed by atoms with E-state index < -0.39 is 17.2 Å². The van der Waals surface area contributed by atoms with E-state index >= 15 is 0 Å². The van der Waals surface area contributed by atoms with Crippen LogP contribution in [0.4, 0.5) is 19.0 Å². The summed E-state index contributed by atoms with van der Waals surface area (Å²) in [6, 6.07) is 0.921. The first kappa shape index (κ1) is 14.3. The van der Waals surface area contributed by atoms with E-state index in [1.807, 2.05) is 0 Å². The van der Waals surface area contributed by atoms with Crippen LogP contribution in [0, 0.1) is 0 Å². The number of piperidine rings is 1. The van der Waals surface area contributed by atoms with E-state index in [4.69, 9.17) is 16.3 Å². The van der Waals surface area contributed by atoms with Crippen LogP contribution in [0.15, 0.2) is 6.07 Å². The van der Waals surface area contributed by atoms with Crippen molar-refractivity contribution < 1.29 is 17.9 Å². The average Bonchev–Trinajstić information content (AvgIpc) is 2.37. The second-order valence-corrected chi connectivity index (χ2v) is 4.66. The molecule has 1 aliphatic heterocycles. The molecule has 0 N–H and O–H groups in total.